The molecule has 1 saturated carbocycles. The Morgan fingerprint density at radius 3 is 2.84 bits per heavy atom. The van der Waals surface area contributed by atoms with Gasteiger partial charge in [0.1, 0.15) is 5.82 Å². The Morgan fingerprint density at radius 2 is 2.26 bits per heavy atom. The molecule has 0 aromatic carbocycles. The van der Waals surface area contributed by atoms with Crippen LogP contribution in [0.15, 0.2) is 12.1 Å². The molecular weight excluding hydrogens is 240 g/mol. The van der Waals surface area contributed by atoms with Crippen LogP contribution < -0.4 is 11.1 Å². The summed E-state index contributed by atoms with van der Waals surface area (Å²) in [5.74, 6) is 0.308. The minimum absolute atomic E-state index is 0.0796. The van der Waals surface area contributed by atoms with Crippen molar-refractivity contribution in [3.63, 3.8) is 0 Å². The van der Waals surface area contributed by atoms with Crippen LogP contribution >= 0.6 is 0 Å². The monoisotopic (exact) mass is 262 g/mol. The highest BCUT2D eigenvalue weighted by Gasteiger charge is 2.27. The van der Waals surface area contributed by atoms with Crippen LogP contribution in [0.4, 0.5) is 5.82 Å². The number of nitrogens with one attached hydrogen (secondary N) is 1. The van der Waals surface area contributed by atoms with Gasteiger partial charge in [-0.15, -0.1) is 0 Å². The Bertz CT molecular complexity index is 437. The molecule has 0 bridgehead atoms. The minimum atomic E-state index is -0.0796. The van der Waals surface area contributed by atoms with Crippen molar-refractivity contribution in [2.45, 2.75) is 32.7 Å². The number of nitrogen functional groups attached to an aromatic ring is 1. The molecule has 5 nitrogen and oxygen atoms in total. The molecule has 1 amide bonds. The molecule has 1 aromatic heterocycles. The number of anilines is 1. The number of aryl methyl sites for hydroxylation is 1. The number of carbonyl (C=O) groups excluding carboxylic acids is 1. The van der Waals surface area contributed by atoms with Crippen LogP contribution in [0.25, 0.3) is 0 Å². The Hall–Kier alpha value is -1.62. The first-order valence-corrected chi connectivity index (χ1v) is 6.86. The molecular formula is C14H22N4O. The van der Waals surface area contributed by atoms with Crippen molar-refractivity contribution in [2.75, 3.05) is 25.4 Å². The smallest absolute Gasteiger partial charge is 0.251 e. The van der Waals surface area contributed by atoms with E-state index in [9.17, 15) is 4.79 Å². The topological polar surface area (TPSA) is 71.2 Å². The second kappa shape index (κ2) is 6.02. The van der Waals surface area contributed by atoms with Crippen molar-refractivity contribution in [2.24, 2.45) is 0 Å². The van der Waals surface area contributed by atoms with Gasteiger partial charge in [0.05, 0.1) is 0 Å². The molecule has 0 spiro atoms. The lowest BCUT2D eigenvalue weighted by Gasteiger charge is -2.19. The minimum Gasteiger partial charge on any atom is -0.384 e. The number of pyridine rings is 1. The Labute approximate surface area is 114 Å². The van der Waals surface area contributed by atoms with Crippen molar-refractivity contribution < 1.29 is 4.79 Å². The Morgan fingerprint density at radius 1 is 1.53 bits per heavy atom. The number of carbonyl (C=O) groups is 1. The summed E-state index contributed by atoms with van der Waals surface area (Å²) in [5.41, 5.74) is 6.99. The lowest BCUT2D eigenvalue weighted by atomic mass is 10.2. The molecule has 0 unspecified atom stereocenters. The SMILES string of the molecule is CCN(CCNC(=O)c1cc(C)nc(N)c1)C1CC1. The fourth-order valence-electron chi connectivity index (χ4n) is 2.28. The molecule has 1 aliphatic rings. The van der Waals surface area contributed by atoms with Gasteiger partial charge >= 0.3 is 0 Å². The van der Waals surface area contributed by atoms with E-state index in [1.165, 1.54) is 12.8 Å². The predicted molar refractivity (Wildman–Crippen MR) is 76.0 cm³/mol. The number of hydrogen-bond donors (Lipinski definition) is 2. The zero-order valence-electron chi connectivity index (χ0n) is 11.6. The van der Waals surface area contributed by atoms with Crippen molar-refractivity contribution in [1.82, 2.24) is 15.2 Å². The molecule has 5 heteroatoms. The lowest BCUT2D eigenvalue weighted by Crippen LogP contribution is -2.36. The maximum Gasteiger partial charge on any atom is 0.251 e. The van der Waals surface area contributed by atoms with E-state index in [1.54, 1.807) is 12.1 Å². The van der Waals surface area contributed by atoms with E-state index in [1.807, 2.05) is 6.92 Å². The van der Waals surface area contributed by atoms with Crippen molar-refractivity contribution in [3.8, 4) is 0 Å². The van der Waals surface area contributed by atoms with Gasteiger partial charge in [-0.3, -0.25) is 9.69 Å². The summed E-state index contributed by atoms with van der Waals surface area (Å²) in [4.78, 5) is 18.5. The highest BCUT2D eigenvalue weighted by atomic mass is 16.1. The molecule has 2 rings (SSSR count). The van der Waals surface area contributed by atoms with Crippen LogP contribution in [0.1, 0.15) is 35.8 Å². The first-order valence-electron chi connectivity index (χ1n) is 6.86. The highest BCUT2D eigenvalue weighted by molar-refractivity contribution is 5.94. The van der Waals surface area contributed by atoms with Gasteiger partial charge in [0.2, 0.25) is 0 Å². The van der Waals surface area contributed by atoms with Gasteiger partial charge in [-0.1, -0.05) is 6.92 Å². The first kappa shape index (κ1) is 13.8. The summed E-state index contributed by atoms with van der Waals surface area (Å²) in [6, 6.07) is 4.10. The van der Waals surface area contributed by atoms with E-state index in [4.69, 9.17) is 5.73 Å². The summed E-state index contributed by atoms with van der Waals surface area (Å²) in [6.45, 7) is 6.62. The van der Waals surface area contributed by atoms with Gasteiger partial charge in [-0.2, -0.15) is 0 Å². The summed E-state index contributed by atoms with van der Waals surface area (Å²) in [6.07, 6.45) is 2.59. The van der Waals surface area contributed by atoms with Crippen LogP contribution in [-0.4, -0.2) is 41.5 Å². The van der Waals surface area contributed by atoms with E-state index in [-0.39, 0.29) is 5.91 Å². The molecule has 1 aliphatic carbocycles. The fourth-order valence-corrected chi connectivity index (χ4v) is 2.28. The molecule has 0 radical (unpaired) electrons. The van der Waals surface area contributed by atoms with Crippen LogP contribution in [0.2, 0.25) is 0 Å². The van der Waals surface area contributed by atoms with Crippen molar-refractivity contribution >= 4 is 11.7 Å². The molecule has 19 heavy (non-hydrogen) atoms. The zero-order chi connectivity index (χ0) is 13.8. The standard InChI is InChI=1S/C14H22N4O/c1-3-18(12-4-5-12)7-6-16-14(19)11-8-10(2)17-13(15)9-11/h8-9,12H,3-7H2,1-2H3,(H2,15,17)(H,16,19). The Kier molecular flexibility index (Phi) is 4.37. The number of amides is 1. The second-order valence-corrected chi connectivity index (χ2v) is 5.04. The largest absolute Gasteiger partial charge is 0.384 e. The third-order valence-electron chi connectivity index (χ3n) is 3.39. The molecule has 3 N–H and O–H groups in total. The first-order chi connectivity index (χ1) is 9.10. The van der Waals surface area contributed by atoms with Crippen LogP contribution in [-0.2, 0) is 0 Å². The lowest BCUT2D eigenvalue weighted by molar-refractivity contribution is 0.0948. The summed E-state index contributed by atoms with van der Waals surface area (Å²) >= 11 is 0. The van der Waals surface area contributed by atoms with Gasteiger partial charge in [0.25, 0.3) is 5.91 Å². The maximum atomic E-state index is 12.0. The zero-order valence-corrected chi connectivity index (χ0v) is 11.6. The molecule has 0 saturated heterocycles. The fraction of sp³-hybridized carbons (Fsp3) is 0.571. The van der Waals surface area contributed by atoms with Crippen molar-refractivity contribution in [3.05, 3.63) is 23.4 Å². The molecule has 1 heterocycles. The highest BCUT2D eigenvalue weighted by Crippen LogP contribution is 2.25. The number of likely N-dealkylation sites (N-methyl/N-ethyl adjacent to an activating group) is 1. The Balaban J connectivity index is 1.83. The maximum absolute atomic E-state index is 12.0. The van der Waals surface area contributed by atoms with Gasteiger partial charge in [-0.05, 0) is 38.4 Å². The van der Waals surface area contributed by atoms with E-state index in [2.05, 4.69) is 22.1 Å². The van der Waals surface area contributed by atoms with Crippen LogP contribution in [0.5, 0.6) is 0 Å². The van der Waals surface area contributed by atoms with Gasteiger partial charge in [-0.25, -0.2) is 4.98 Å². The molecule has 104 valence electrons. The molecule has 0 atom stereocenters. The number of nitrogens with two attached hydrogens (primary N) is 1. The van der Waals surface area contributed by atoms with Gasteiger partial charge in [0, 0.05) is 30.4 Å². The predicted octanol–water partition coefficient (Wildman–Crippen LogP) is 1.19. The molecule has 0 aliphatic heterocycles. The van der Waals surface area contributed by atoms with Crippen LogP contribution in [0.3, 0.4) is 0 Å². The molecule has 1 aromatic rings. The summed E-state index contributed by atoms with van der Waals surface area (Å²) < 4.78 is 0. The average molecular weight is 262 g/mol. The quantitative estimate of drug-likeness (QED) is 0.807. The van der Waals surface area contributed by atoms with Gasteiger partial charge < -0.3 is 11.1 Å². The van der Waals surface area contributed by atoms with E-state index in [0.29, 0.717) is 17.9 Å². The third kappa shape index (κ3) is 3.92. The normalized spacial score (nSPS) is 14.7. The third-order valence-corrected chi connectivity index (χ3v) is 3.39. The second-order valence-electron chi connectivity index (χ2n) is 5.04. The number of rotatable bonds is 6. The van der Waals surface area contributed by atoms with E-state index >= 15 is 0 Å². The average Bonchev–Trinajstić information content (AvgIpc) is 3.17. The number of nitrogens with zero attached hydrogens (tertiary/aromatic N) is 2. The molecule has 1 fully saturated rings. The van der Waals surface area contributed by atoms with E-state index < -0.39 is 0 Å². The van der Waals surface area contributed by atoms with E-state index in [0.717, 1.165) is 24.8 Å². The van der Waals surface area contributed by atoms with Crippen molar-refractivity contribution in [1.29, 1.82) is 0 Å². The number of aromatic nitrogens is 1. The summed E-state index contributed by atoms with van der Waals surface area (Å²) in [7, 11) is 0. The number of hydrogen-bond acceptors (Lipinski definition) is 4. The summed E-state index contributed by atoms with van der Waals surface area (Å²) in [5, 5.41) is 2.94. The van der Waals surface area contributed by atoms with Gasteiger partial charge in [0.15, 0.2) is 0 Å². The van der Waals surface area contributed by atoms with Crippen LogP contribution in [0, 0.1) is 6.92 Å².